The third-order valence-electron chi connectivity index (χ3n) is 6.44. The van der Waals surface area contributed by atoms with E-state index in [0.29, 0.717) is 6.54 Å². The lowest BCUT2D eigenvalue weighted by molar-refractivity contribution is -0.132. The molecule has 2 amide bonds. The number of hydrogen-bond donors (Lipinski definition) is 2. The van der Waals surface area contributed by atoms with Crippen LogP contribution in [-0.2, 0) is 9.59 Å². The number of hydrogen-bond acceptors (Lipinski definition) is 2. The summed E-state index contributed by atoms with van der Waals surface area (Å²) in [6.45, 7) is 19.7. The Bertz CT molecular complexity index is 536. The highest BCUT2D eigenvalue weighted by Gasteiger charge is 2.43. The lowest BCUT2D eigenvalue weighted by Gasteiger charge is -2.47. The van der Waals surface area contributed by atoms with Crippen molar-refractivity contribution in [2.45, 2.75) is 107 Å². The van der Waals surface area contributed by atoms with Crippen LogP contribution in [0.25, 0.3) is 0 Å². The molecular formula is C23H44N2O2. The number of nitrogens with one attached hydrogen (secondary N) is 2. The lowest BCUT2D eigenvalue weighted by atomic mass is 9.62. The first-order valence-electron chi connectivity index (χ1n) is 10.8. The Morgan fingerprint density at radius 3 is 2.07 bits per heavy atom. The molecule has 0 heterocycles. The van der Waals surface area contributed by atoms with E-state index < -0.39 is 0 Å². The van der Waals surface area contributed by atoms with Crippen molar-refractivity contribution in [3.63, 3.8) is 0 Å². The van der Waals surface area contributed by atoms with Gasteiger partial charge in [0.1, 0.15) is 0 Å². The Morgan fingerprint density at radius 2 is 1.56 bits per heavy atom. The van der Waals surface area contributed by atoms with Gasteiger partial charge in [0.25, 0.3) is 0 Å². The van der Waals surface area contributed by atoms with Crippen molar-refractivity contribution >= 4 is 11.8 Å². The second-order valence-corrected chi connectivity index (χ2v) is 11.3. The van der Waals surface area contributed by atoms with Gasteiger partial charge in [-0.2, -0.15) is 0 Å². The first kappa shape index (κ1) is 24.0. The van der Waals surface area contributed by atoms with Crippen molar-refractivity contribution < 1.29 is 9.59 Å². The summed E-state index contributed by atoms with van der Waals surface area (Å²) in [6, 6.07) is 0.164. The van der Waals surface area contributed by atoms with Gasteiger partial charge in [0.05, 0.1) is 0 Å². The van der Waals surface area contributed by atoms with Crippen molar-refractivity contribution in [3.05, 3.63) is 0 Å². The summed E-state index contributed by atoms with van der Waals surface area (Å²) >= 11 is 0. The summed E-state index contributed by atoms with van der Waals surface area (Å²) in [5.74, 6) is 0.282. The molecule has 2 N–H and O–H groups in total. The summed E-state index contributed by atoms with van der Waals surface area (Å²) < 4.78 is 0. The average Bonchev–Trinajstić information content (AvgIpc) is 2.50. The first-order valence-corrected chi connectivity index (χ1v) is 10.8. The second kappa shape index (κ2) is 8.53. The van der Waals surface area contributed by atoms with E-state index >= 15 is 0 Å². The van der Waals surface area contributed by atoms with Gasteiger partial charge >= 0.3 is 0 Å². The third-order valence-corrected chi connectivity index (χ3v) is 6.44. The molecule has 0 aliphatic heterocycles. The van der Waals surface area contributed by atoms with Gasteiger partial charge in [-0.05, 0) is 42.9 Å². The molecule has 0 saturated heterocycles. The normalized spacial score (nSPS) is 25.7. The van der Waals surface area contributed by atoms with Crippen LogP contribution >= 0.6 is 0 Å². The van der Waals surface area contributed by atoms with Crippen LogP contribution in [0.5, 0.6) is 0 Å². The molecule has 2 unspecified atom stereocenters. The van der Waals surface area contributed by atoms with Crippen molar-refractivity contribution in [3.8, 4) is 0 Å². The van der Waals surface area contributed by atoms with Gasteiger partial charge in [-0.3, -0.25) is 9.59 Å². The monoisotopic (exact) mass is 380 g/mol. The average molecular weight is 381 g/mol. The van der Waals surface area contributed by atoms with Gasteiger partial charge < -0.3 is 10.6 Å². The second-order valence-electron chi connectivity index (χ2n) is 11.3. The molecule has 0 spiro atoms. The minimum Gasteiger partial charge on any atom is -0.355 e. The topological polar surface area (TPSA) is 58.2 Å². The van der Waals surface area contributed by atoms with Crippen LogP contribution in [0.1, 0.15) is 101 Å². The van der Waals surface area contributed by atoms with Crippen molar-refractivity contribution in [2.75, 3.05) is 6.54 Å². The van der Waals surface area contributed by atoms with E-state index in [1.807, 2.05) is 27.7 Å². The van der Waals surface area contributed by atoms with E-state index in [1.54, 1.807) is 0 Å². The minimum absolute atomic E-state index is 0.00594. The number of carbonyl (C=O) groups excluding carboxylic acids is 2. The summed E-state index contributed by atoms with van der Waals surface area (Å²) in [5, 5.41) is 6.53. The molecule has 4 nitrogen and oxygen atoms in total. The summed E-state index contributed by atoms with van der Waals surface area (Å²) in [5.41, 5.74) is -0.524. The van der Waals surface area contributed by atoms with Crippen LogP contribution in [0.15, 0.2) is 0 Å². The smallest absolute Gasteiger partial charge is 0.225 e. The van der Waals surface area contributed by atoms with E-state index in [-0.39, 0.29) is 39.5 Å². The molecule has 1 aliphatic rings. The zero-order valence-corrected chi connectivity index (χ0v) is 19.3. The fourth-order valence-electron chi connectivity index (χ4n) is 4.68. The van der Waals surface area contributed by atoms with Crippen LogP contribution in [-0.4, -0.2) is 24.4 Å². The van der Waals surface area contributed by atoms with E-state index in [1.165, 1.54) is 0 Å². The Kier molecular flexibility index (Phi) is 7.57. The van der Waals surface area contributed by atoms with E-state index in [4.69, 9.17) is 0 Å². The Morgan fingerprint density at radius 1 is 0.963 bits per heavy atom. The van der Waals surface area contributed by atoms with Crippen LogP contribution < -0.4 is 10.6 Å². The quantitative estimate of drug-likeness (QED) is 0.618. The molecule has 0 aromatic rings. The number of amides is 2. The summed E-state index contributed by atoms with van der Waals surface area (Å²) in [7, 11) is 0. The molecule has 4 heteroatoms. The maximum Gasteiger partial charge on any atom is 0.225 e. The van der Waals surface area contributed by atoms with E-state index in [9.17, 15) is 9.59 Å². The molecule has 1 fully saturated rings. The van der Waals surface area contributed by atoms with E-state index in [0.717, 1.165) is 38.5 Å². The predicted octanol–water partition coefficient (Wildman–Crippen LogP) is 5.07. The van der Waals surface area contributed by atoms with Gasteiger partial charge in [-0.15, -0.1) is 0 Å². The van der Waals surface area contributed by atoms with Crippen LogP contribution in [0.2, 0.25) is 0 Å². The molecule has 1 saturated carbocycles. The Hall–Kier alpha value is -1.06. The SMILES string of the molecule is CCCC(C)(C)C(=O)NCC1(C)CC(NC(=O)C(C)(C)CC)CC(C)(C)C1. The molecule has 0 aromatic carbocycles. The fourth-order valence-corrected chi connectivity index (χ4v) is 4.68. The highest BCUT2D eigenvalue weighted by molar-refractivity contribution is 5.82. The molecule has 158 valence electrons. The first-order chi connectivity index (χ1) is 12.2. The van der Waals surface area contributed by atoms with Gasteiger partial charge in [-0.1, -0.05) is 68.7 Å². The molecule has 0 radical (unpaired) electrons. The maximum atomic E-state index is 12.7. The maximum absolute atomic E-state index is 12.7. The zero-order chi connectivity index (χ0) is 21.1. The number of rotatable bonds is 8. The van der Waals surface area contributed by atoms with Gasteiger partial charge in [0, 0.05) is 23.4 Å². The Labute approximate surface area is 167 Å². The molecular weight excluding hydrogens is 336 g/mol. The van der Waals surface area contributed by atoms with Gasteiger partial charge in [-0.25, -0.2) is 0 Å². The standard InChI is InChI=1S/C23H44N2O2/c1-10-12-22(7,8)18(26)24-16-23(9)14-17(13-20(3,4)15-23)25-19(27)21(5,6)11-2/h17H,10-16H2,1-9H3,(H,24,26)(H,25,27). The Balaban J connectivity index is 2.81. The highest BCUT2D eigenvalue weighted by atomic mass is 16.2. The van der Waals surface area contributed by atoms with Crippen molar-refractivity contribution in [1.29, 1.82) is 0 Å². The predicted molar refractivity (Wildman–Crippen MR) is 113 cm³/mol. The number of carbonyl (C=O) groups is 2. The highest BCUT2D eigenvalue weighted by Crippen LogP contribution is 2.46. The van der Waals surface area contributed by atoms with Gasteiger partial charge in [0.2, 0.25) is 11.8 Å². The van der Waals surface area contributed by atoms with Crippen LogP contribution in [0, 0.1) is 21.7 Å². The molecule has 2 atom stereocenters. The molecule has 27 heavy (non-hydrogen) atoms. The van der Waals surface area contributed by atoms with Crippen molar-refractivity contribution in [2.24, 2.45) is 21.7 Å². The lowest BCUT2D eigenvalue weighted by Crippen LogP contribution is -2.53. The van der Waals surface area contributed by atoms with Crippen LogP contribution in [0.4, 0.5) is 0 Å². The van der Waals surface area contributed by atoms with E-state index in [2.05, 4.69) is 45.3 Å². The minimum atomic E-state index is -0.337. The molecule has 1 rings (SSSR count). The summed E-state index contributed by atoms with van der Waals surface area (Å²) in [4.78, 5) is 25.3. The largest absolute Gasteiger partial charge is 0.355 e. The van der Waals surface area contributed by atoms with Crippen LogP contribution in [0.3, 0.4) is 0 Å². The molecule has 0 bridgehead atoms. The molecule has 1 aliphatic carbocycles. The van der Waals surface area contributed by atoms with Crippen molar-refractivity contribution in [1.82, 2.24) is 10.6 Å². The summed E-state index contributed by atoms with van der Waals surface area (Å²) in [6.07, 6.45) is 5.69. The fraction of sp³-hybridized carbons (Fsp3) is 0.913. The molecule has 0 aromatic heterocycles. The third kappa shape index (κ3) is 6.80. The zero-order valence-electron chi connectivity index (χ0n) is 19.3. The van der Waals surface area contributed by atoms with Gasteiger partial charge in [0.15, 0.2) is 0 Å².